The number of benzene rings is 2. The molecule has 8 heterocycles. The maximum absolute atomic E-state index is 15.3. The number of sulfonamides is 2. The van der Waals surface area contributed by atoms with E-state index in [1.54, 1.807) is 0 Å². The zero-order valence-electron chi connectivity index (χ0n) is 43.6. The lowest BCUT2D eigenvalue weighted by atomic mass is 10.2. The van der Waals surface area contributed by atoms with Gasteiger partial charge < -0.3 is 38.4 Å². The van der Waals surface area contributed by atoms with Gasteiger partial charge in [-0.05, 0) is 85.0 Å². The first kappa shape index (κ1) is 54.2. The number of aromatic nitrogens is 10. The van der Waals surface area contributed by atoms with Crippen LogP contribution in [0.25, 0.3) is 11.3 Å². The number of morpholine rings is 2. The fraction of sp³-hybridized carbons (Fsp3) is 0.385. The number of carbonyl (C=O) groups is 2. The lowest BCUT2D eigenvalue weighted by Gasteiger charge is -2.27. The van der Waals surface area contributed by atoms with Crippen LogP contribution in [0.3, 0.4) is 0 Å². The van der Waals surface area contributed by atoms with E-state index in [0.717, 1.165) is 22.7 Å². The third kappa shape index (κ3) is 11.6. The van der Waals surface area contributed by atoms with Gasteiger partial charge in [0.15, 0.2) is 34.5 Å². The van der Waals surface area contributed by atoms with Crippen LogP contribution in [-0.2, 0) is 55.7 Å². The van der Waals surface area contributed by atoms with Gasteiger partial charge in [-0.3, -0.25) is 9.59 Å². The molecule has 2 aliphatic heterocycles. The molecule has 0 spiro atoms. The van der Waals surface area contributed by atoms with Gasteiger partial charge in [0.1, 0.15) is 11.3 Å². The third-order valence-electron chi connectivity index (χ3n) is 14.1. The summed E-state index contributed by atoms with van der Waals surface area (Å²) in [6.07, 6.45) is 15.8. The number of imidazole rings is 2. The Labute approximate surface area is 457 Å². The fourth-order valence-electron chi connectivity index (χ4n) is 9.55. The average molecular weight is 1140 g/mol. The Morgan fingerprint density at radius 2 is 0.975 bits per heavy atom. The monoisotopic (exact) mass is 1140 g/mol. The number of hydrogen-bond donors (Lipinski definition) is 2. The molecular weight excluding hydrogens is 1080 g/mol. The normalized spacial score (nSPS) is 16.4. The molecule has 0 radical (unpaired) electrons. The predicted octanol–water partition coefficient (Wildman–Crippen LogP) is 3.90. The summed E-state index contributed by atoms with van der Waals surface area (Å²) in [6, 6.07) is 13.3. The molecule has 2 saturated heterocycles. The topological polar surface area (TPSA) is 266 Å². The molecule has 8 aromatic rings. The van der Waals surface area contributed by atoms with E-state index < -0.39 is 56.6 Å². The van der Waals surface area contributed by atoms with Crippen LogP contribution in [0.1, 0.15) is 92.1 Å². The molecule has 0 bridgehead atoms. The number of hydrogen-bond acceptors (Lipinski definition) is 16. The zero-order valence-corrected chi connectivity index (χ0v) is 45.2. The molecule has 2 amide bonds. The van der Waals surface area contributed by atoms with Crippen molar-refractivity contribution in [3.8, 4) is 11.5 Å². The summed E-state index contributed by atoms with van der Waals surface area (Å²) in [4.78, 5) is 34.5. The molecule has 2 saturated carbocycles. The second kappa shape index (κ2) is 22.8. The number of methoxy groups -OCH3 is 2. The lowest BCUT2D eigenvalue weighted by molar-refractivity contribution is 0.0730. The van der Waals surface area contributed by atoms with Crippen molar-refractivity contribution in [2.45, 2.75) is 73.5 Å². The van der Waals surface area contributed by atoms with Crippen molar-refractivity contribution >= 4 is 43.2 Å². The number of carbonyl (C=O) groups excluding carboxylic acids is 2. The van der Waals surface area contributed by atoms with Crippen LogP contribution in [0.4, 0.5) is 8.78 Å². The maximum atomic E-state index is 15.3. The maximum Gasteiger partial charge on any atom is 0.273 e. The number of rotatable bonds is 18. The Bertz CT molecular complexity index is 3600. The molecule has 6 aromatic heterocycles. The van der Waals surface area contributed by atoms with Crippen molar-refractivity contribution in [2.75, 3.05) is 66.8 Å². The molecule has 80 heavy (non-hydrogen) atoms. The molecule has 2 aliphatic carbocycles. The molecular formula is C52H56F2N14O10S2. The van der Waals surface area contributed by atoms with Gasteiger partial charge in [-0.25, -0.2) is 44.9 Å². The molecule has 420 valence electrons. The highest BCUT2D eigenvalue weighted by molar-refractivity contribution is 7.89. The van der Waals surface area contributed by atoms with Crippen LogP contribution in [0.5, 0.6) is 11.5 Å². The van der Waals surface area contributed by atoms with E-state index in [0.29, 0.717) is 24.9 Å². The van der Waals surface area contributed by atoms with E-state index in [9.17, 15) is 26.4 Å². The van der Waals surface area contributed by atoms with Gasteiger partial charge in [-0.2, -0.15) is 8.61 Å². The largest absolute Gasteiger partial charge is 0.494 e. The Morgan fingerprint density at radius 1 is 0.575 bits per heavy atom. The molecule has 4 aliphatic rings. The number of fused-ring (bicyclic) bond motifs is 2. The highest BCUT2D eigenvalue weighted by Crippen LogP contribution is 2.41. The van der Waals surface area contributed by atoms with Gasteiger partial charge in [0.05, 0.1) is 87.3 Å². The van der Waals surface area contributed by atoms with Crippen molar-refractivity contribution in [1.29, 1.82) is 0 Å². The van der Waals surface area contributed by atoms with Crippen LogP contribution in [0, 0.1) is 11.6 Å². The Morgan fingerprint density at radius 3 is 1.35 bits per heavy atom. The fourth-order valence-corrected chi connectivity index (χ4v) is 12.8. The summed E-state index contributed by atoms with van der Waals surface area (Å²) in [5.41, 5.74) is 5.32. The predicted molar refractivity (Wildman–Crippen MR) is 280 cm³/mol. The first-order valence-corrected chi connectivity index (χ1v) is 28.7. The van der Waals surface area contributed by atoms with Gasteiger partial charge in [0, 0.05) is 75.2 Å². The summed E-state index contributed by atoms with van der Waals surface area (Å²) in [7, 11) is -5.50. The van der Waals surface area contributed by atoms with E-state index in [4.69, 9.17) is 18.9 Å². The van der Waals surface area contributed by atoms with Crippen LogP contribution in [0.2, 0.25) is 0 Å². The summed E-state index contributed by atoms with van der Waals surface area (Å²) < 4.78 is 114. The van der Waals surface area contributed by atoms with E-state index in [2.05, 4.69) is 65.8 Å². The molecule has 28 heteroatoms. The summed E-state index contributed by atoms with van der Waals surface area (Å²) in [6.45, 7) is 1.39. The molecule has 0 unspecified atom stereocenters. The van der Waals surface area contributed by atoms with Gasteiger partial charge >= 0.3 is 0 Å². The molecule has 24 nitrogen and oxygen atoms in total. The minimum Gasteiger partial charge on any atom is -0.494 e. The molecule has 4 fully saturated rings. The lowest BCUT2D eigenvalue weighted by Crippen LogP contribution is -2.41. The quantitative estimate of drug-likeness (QED) is 0.123. The van der Waals surface area contributed by atoms with Crippen LogP contribution < -0.4 is 20.1 Å². The second-order valence-corrected chi connectivity index (χ2v) is 23.4. The van der Waals surface area contributed by atoms with Crippen molar-refractivity contribution in [3.05, 3.63) is 142 Å². The van der Waals surface area contributed by atoms with E-state index in [1.807, 2.05) is 33.3 Å². The molecule has 2 N–H and O–H groups in total. The van der Waals surface area contributed by atoms with E-state index in [-0.39, 0.29) is 96.4 Å². The van der Waals surface area contributed by atoms with Gasteiger partial charge in [-0.15, -0.1) is 10.2 Å². The van der Waals surface area contributed by atoms with Gasteiger partial charge in [-0.1, -0.05) is 22.6 Å². The van der Waals surface area contributed by atoms with E-state index >= 15 is 8.78 Å². The summed E-state index contributed by atoms with van der Waals surface area (Å²) >= 11 is 0. The molecule has 12 rings (SSSR count). The highest BCUT2D eigenvalue weighted by atomic mass is 32.2. The first-order valence-electron chi connectivity index (χ1n) is 25.8. The SMILES string of the molecule is COc1ccc(S(=O)(=O)N2CCOCC2)c(CNC(=O)c2cn(Cc3cn4cc(C5CC5)ccc4n3)nn2)c1F.COc1ccc(S(=O)(=O)N2CCOCC2)c(CNC(=O)c2cn(Cc3cn4cc(C5CC5)ccc4n3)nn2)c1F. The second-order valence-electron chi connectivity index (χ2n) is 19.6. The van der Waals surface area contributed by atoms with Crippen LogP contribution >= 0.6 is 0 Å². The Hall–Kier alpha value is -7.76. The first-order chi connectivity index (χ1) is 38.7. The average Bonchev–Trinajstić information content (AvgIpc) is 4.33. The zero-order chi connectivity index (χ0) is 55.7. The van der Waals surface area contributed by atoms with Crippen LogP contribution in [0.15, 0.2) is 95.5 Å². The minimum absolute atomic E-state index is 0.000625. The third-order valence-corrected chi connectivity index (χ3v) is 18.1. The number of ether oxygens (including phenoxy) is 4. The summed E-state index contributed by atoms with van der Waals surface area (Å²) in [5.74, 6) is -1.99. The van der Waals surface area contributed by atoms with Crippen LogP contribution in [-0.4, -0.2) is 153 Å². The number of nitrogens with one attached hydrogen (secondary N) is 2. The van der Waals surface area contributed by atoms with E-state index in [1.165, 1.54) is 106 Å². The molecule has 0 atom stereocenters. The Balaban J connectivity index is 0.000000169. The van der Waals surface area contributed by atoms with Gasteiger partial charge in [0.2, 0.25) is 20.0 Å². The molecule has 2 aromatic carbocycles. The van der Waals surface area contributed by atoms with Gasteiger partial charge in [0.25, 0.3) is 11.8 Å². The minimum atomic E-state index is -4.03. The standard InChI is InChI=1S/2C26H28FN7O5S/c2*1-38-22-5-6-23(40(36,37)34-8-10-39-11-9-34)20(25(22)27)12-28-26(35)21-16-33(31-30-21)15-19-14-32-13-18(17-2-3-17)4-7-24(32)29-19/h2*4-7,13-14,16-17H,2-3,8-12,15H2,1H3,(H,28,35). The number of amides is 2. The number of halogens is 2. The number of nitrogens with zero attached hydrogens (tertiary/aromatic N) is 12. The van der Waals surface area contributed by atoms with Crippen molar-refractivity contribution in [3.63, 3.8) is 0 Å². The highest BCUT2D eigenvalue weighted by Gasteiger charge is 2.33. The smallest absolute Gasteiger partial charge is 0.273 e. The van der Waals surface area contributed by atoms with Crippen molar-refractivity contribution in [1.82, 2.24) is 68.0 Å². The number of pyridine rings is 2. The Kier molecular flexibility index (Phi) is 15.4. The van der Waals surface area contributed by atoms with Crippen molar-refractivity contribution in [2.24, 2.45) is 0 Å². The van der Waals surface area contributed by atoms with Crippen molar-refractivity contribution < 1.29 is 54.2 Å². The summed E-state index contributed by atoms with van der Waals surface area (Å²) in [5, 5.41) is 21.0.